The van der Waals surface area contributed by atoms with Gasteiger partial charge in [0.2, 0.25) is 0 Å². The molecule has 42 heavy (non-hydrogen) atoms. The molecule has 4 heteroatoms. The van der Waals surface area contributed by atoms with Crippen molar-refractivity contribution in [2.75, 3.05) is 13.1 Å². The van der Waals surface area contributed by atoms with Crippen LogP contribution in [0.25, 0.3) is 64.6 Å². The van der Waals surface area contributed by atoms with Gasteiger partial charge in [0, 0.05) is 0 Å². The third-order valence-corrected chi connectivity index (χ3v) is 8.54. The fourth-order valence-electron chi connectivity index (χ4n) is 6.61. The van der Waals surface area contributed by atoms with Crippen molar-refractivity contribution in [3.05, 3.63) is 120 Å². The first-order valence-electron chi connectivity index (χ1n) is 14.5. The molecule has 0 spiro atoms. The Morgan fingerprint density at radius 3 is 1.02 bits per heavy atom. The average Bonchev–Trinajstić information content (AvgIpc) is 3.01. The van der Waals surface area contributed by atoms with Crippen LogP contribution in [-0.4, -0.2) is 13.1 Å². The fourth-order valence-corrected chi connectivity index (χ4v) is 6.61. The van der Waals surface area contributed by atoms with Gasteiger partial charge in [0.15, 0.2) is 0 Å². The smallest absolute Gasteiger partial charge is 0.00240 e. The van der Waals surface area contributed by atoms with Crippen molar-refractivity contribution in [3.8, 4) is 0 Å². The van der Waals surface area contributed by atoms with Crippen LogP contribution in [0.4, 0.5) is 0 Å². The molecule has 0 atom stereocenters. The van der Waals surface area contributed by atoms with Crippen LogP contribution in [0.2, 0.25) is 0 Å². The van der Waals surface area contributed by atoms with Crippen LogP contribution >= 0.6 is 24.8 Å². The minimum Gasteiger partial charge on any atom is -0.330 e. The van der Waals surface area contributed by atoms with Gasteiger partial charge in [0.1, 0.15) is 0 Å². The Hall–Kier alpha value is -3.66. The number of hydrogen-bond acceptors (Lipinski definition) is 2. The summed E-state index contributed by atoms with van der Waals surface area (Å²) >= 11 is 0. The van der Waals surface area contributed by atoms with Gasteiger partial charge in [0.05, 0.1) is 0 Å². The van der Waals surface area contributed by atoms with E-state index in [4.69, 9.17) is 11.5 Å². The van der Waals surface area contributed by atoms with Crippen LogP contribution in [0.3, 0.4) is 0 Å². The minimum absolute atomic E-state index is 0. The Bertz CT molecular complexity index is 1920. The lowest BCUT2D eigenvalue weighted by Crippen LogP contribution is -2.00. The summed E-state index contributed by atoms with van der Waals surface area (Å²) < 4.78 is 0. The van der Waals surface area contributed by atoms with E-state index in [1.165, 1.54) is 75.8 Å². The summed E-state index contributed by atoms with van der Waals surface area (Å²) in [5.41, 5.74) is 14.2. The molecular weight excluding hydrogens is 555 g/mol. The molecule has 0 saturated carbocycles. The second kappa shape index (κ2) is 12.7. The standard InChI is InChI=1S/2C19H17N.2ClH/c2*20-12-2-5-13-6-7-16-9-8-14-3-1-4-15-10-11-17(13)19(16)18(14)15;;/h2*1,3-4,6-11H,2,5,12,20H2;2*1H. The molecule has 0 aliphatic carbocycles. The molecule has 0 fully saturated rings. The summed E-state index contributed by atoms with van der Waals surface area (Å²) in [6.45, 7) is 1.50. The number of hydrogen-bond donors (Lipinski definition) is 2. The van der Waals surface area contributed by atoms with E-state index in [0.29, 0.717) is 0 Å². The van der Waals surface area contributed by atoms with Crippen LogP contribution in [0, 0.1) is 0 Å². The number of rotatable bonds is 6. The topological polar surface area (TPSA) is 52.0 Å². The third-order valence-electron chi connectivity index (χ3n) is 8.54. The molecular formula is C38H36Cl2N2. The summed E-state index contributed by atoms with van der Waals surface area (Å²) in [6.07, 6.45) is 4.21. The maximum absolute atomic E-state index is 5.66. The van der Waals surface area contributed by atoms with E-state index in [2.05, 4.69) is 109 Å². The van der Waals surface area contributed by atoms with Gasteiger partial charge in [-0.25, -0.2) is 0 Å². The largest absolute Gasteiger partial charge is 0.330 e. The summed E-state index contributed by atoms with van der Waals surface area (Å²) in [5.74, 6) is 0. The summed E-state index contributed by atoms with van der Waals surface area (Å²) in [4.78, 5) is 0. The van der Waals surface area contributed by atoms with E-state index in [1.54, 1.807) is 0 Å². The summed E-state index contributed by atoms with van der Waals surface area (Å²) in [7, 11) is 0. The lowest BCUT2D eigenvalue weighted by Gasteiger charge is -2.13. The fraction of sp³-hybridized carbons (Fsp3) is 0.158. The van der Waals surface area contributed by atoms with Gasteiger partial charge in [0.25, 0.3) is 0 Å². The molecule has 0 aromatic heterocycles. The predicted octanol–water partition coefficient (Wildman–Crippen LogP) is 9.79. The highest BCUT2D eigenvalue weighted by molar-refractivity contribution is 6.24. The molecule has 2 nitrogen and oxygen atoms in total. The highest BCUT2D eigenvalue weighted by Gasteiger charge is 2.11. The Balaban J connectivity index is 0.000000160. The quantitative estimate of drug-likeness (QED) is 0.189. The van der Waals surface area contributed by atoms with Gasteiger partial charge < -0.3 is 11.5 Å². The summed E-state index contributed by atoms with van der Waals surface area (Å²) in [6, 6.07) is 40.1. The maximum Gasteiger partial charge on any atom is -0.00240 e. The second-order valence-electron chi connectivity index (χ2n) is 10.9. The predicted molar refractivity (Wildman–Crippen MR) is 190 cm³/mol. The van der Waals surface area contributed by atoms with Crippen molar-refractivity contribution >= 4 is 89.4 Å². The van der Waals surface area contributed by atoms with E-state index >= 15 is 0 Å². The molecule has 0 bridgehead atoms. The maximum atomic E-state index is 5.66. The second-order valence-corrected chi connectivity index (χ2v) is 10.9. The van der Waals surface area contributed by atoms with E-state index in [0.717, 1.165) is 38.8 Å². The van der Waals surface area contributed by atoms with Crippen LogP contribution in [0.1, 0.15) is 24.0 Å². The van der Waals surface area contributed by atoms with Gasteiger partial charge >= 0.3 is 0 Å². The van der Waals surface area contributed by atoms with Crippen molar-refractivity contribution in [1.29, 1.82) is 0 Å². The van der Waals surface area contributed by atoms with E-state index in [1.807, 2.05) is 0 Å². The first kappa shape index (κ1) is 29.8. The molecule has 4 N–H and O–H groups in total. The van der Waals surface area contributed by atoms with Crippen molar-refractivity contribution in [2.24, 2.45) is 11.5 Å². The van der Waals surface area contributed by atoms with Crippen LogP contribution in [-0.2, 0) is 12.8 Å². The number of aryl methyl sites for hydroxylation is 2. The van der Waals surface area contributed by atoms with E-state index < -0.39 is 0 Å². The van der Waals surface area contributed by atoms with Crippen molar-refractivity contribution in [3.63, 3.8) is 0 Å². The number of benzene rings is 8. The van der Waals surface area contributed by atoms with Crippen LogP contribution in [0.5, 0.6) is 0 Å². The average molecular weight is 592 g/mol. The molecule has 0 radical (unpaired) electrons. The Morgan fingerprint density at radius 2 is 0.667 bits per heavy atom. The molecule has 212 valence electrons. The number of nitrogens with two attached hydrogens (primary N) is 2. The molecule has 8 aromatic carbocycles. The monoisotopic (exact) mass is 590 g/mol. The van der Waals surface area contributed by atoms with Gasteiger partial charge in [-0.1, -0.05) is 109 Å². The molecule has 0 aliphatic rings. The zero-order valence-electron chi connectivity index (χ0n) is 23.6. The first-order chi connectivity index (χ1) is 19.8. The third kappa shape index (κ3) is 5.10. The first-order valence-corrected chi connectivity index (χ1v) is 14.5. The SMILES string of the molecule is Cl.Cl.NCCCc1ccc2ccc3cccc4ccc1c2c34.NCCCc1ccc2ccc3cccc4ccc1c2c34. The van der Waals surface area contributed by atoms with Gasteiger partial charge in [-0.3, -0.25) is 0 Å². The van der Waals surface area contributed by atoms with Gasteiger partial charge in [-0.05, 0) is 115 Å². The molecule has 0 saturated heterocycles. The molecule has 0 heterocycles. The van der Waals surface area contributed by atoms with Crippen molar-refractivity contribution < 1.29 is 0 Å². The minimum atomic E-state index is 0. The van der Waals surface area contributed by atoms with E-state index in [9.17, 15) is 0 Å². The lowest BCUT2D eigenvalue weighted by molar-refractivity contribution is 0.837. The Labute approximate surface area is 259 Å². The van der Waals surface area contributed by atoms with E-state index in [-0.39, 0.29) is 24.8 Å². The van der Waals surface area contributed by atoms with Crippen molar-refractivity contribution in [2.45, 2.75) is 25.7 Å². The van der Waals surface area contributed by atoms with Crippen LogP contribution in [0.15, 0.2) is 109 Å². The number of halogens is 2. The normalized spacial score (nSPS) is 11.3. The Morgan fingerprint density at radius 1 is 0.357 bits per heavy atom. The molecule has 0 unspecified atom stereocenters. The highest BCUT2D eigenvalue weighted by atomic mass is 35.5. The Kier molecular flexibility index (Phi) is 9.01. The van der Waals surface area contributed by atoms with Gasteiger partial charge in [-0.15, -0.1) is 24.8 Å². The lowest BCUT2D eigenvalue weighted by atomic mass is 9.91. The molecule has 0 amide bonds. The zero-order chi connectivity index (χ0) is 27.1. The van der Waals surface area contributed by atoms with Crippen molar-refractivity contribution in [1.82, 2.24) is 0 Å². The molecule has 8 aromatic rings. The molecule has 0 aliphatic heterocycles. The summed E-state index contributed by atoms with van der Waals surface area (Å²) in [5, 5.41) is 16.4. The highest BCUT2D eigenvalue weighted by Crippen LogP contribution is 2.37. The molecule has 8 rings (SSSR count). The van der Waals surface area contributed by atoms with Crippen LogP contribution < -0.4 is 11.5 Å². The zero-order valence-corrected chi connectivity index (χ0v) is 25.2. The van der Waals surface area contributed by atoms with Gasteiger partial charge in [-0.2, -0.15) is 0 Å².